The van der Waals surface area contributed by atoms with Gasteiger partial charge in [-0.3, -0.25) is 9.10 Å². The third-order valence-electron chi connectivity index (χ3n) is 7.13. The molecule has 1 aliphatic rings. The lowest BCUT2D eigenvalue weighted by Gasteiger charge is -2.41. The molecule has 0 bridgehead atoms. The van der Waals surface area contributed by atoms with Crippen molar-refractivity contribution in [1.29, 1.82) is 0 Å². The van der Waals surface area contributed by atoms with E-state index in [0.717, 1.165) is 34.0 Å². The molecule has 0 aliphatic carbocycles. The molecule has 1 heterocycles. The summed E-state index contributed by atoms with van der Waals surface area (Å²) < 4.78 is 40.6. The number of aryl methyl sites for hydroxylation is 1. The minimum absolute atomic E-state index is 0.0605. The smallest absolute Gasteiger partial charge is 0.264 e. The van der Waals surface area contributed by atoms with Crippen molar-refractivity contribution in [2.75, 3.05) is 18.0 Å². The van der Waals surface area contributed by atoms with Gasteiger partial charge in [0.25, 0.3) is 10.0 Å². The number of ether oxygens (including phenoxy) is 2. The highest BCUT2D eigenvalue weighted by atomic mass is 35.5. The zero-order valence-corrected chi connectivity index (χ0v) is 23.6. The van der Waals surface area contributed by atoms with Crippen LogP contribution in [0.3, 0.4) is 0 Å². The number of amides is 1. The van der Waals surface area contributed by atoms with Gasteiger partial charge in [0.1, 0.15) is 23.6 Å². The summed E-state index contributed by atoms with van der Waals surface area (Å²) in [6.07, 6.45) is 2.13. The van der Waals surface area contributed by atoms with E-state index in [1.165, 1.54) is 25.3 Å². The molecular formula is C29H33ClN2O5S. The Labute approximate surface area is 229 Å². The first-order valence-electron chi connectivity index (χ1n) is 12.6. The Morgan fingerprint density at radius 1 is 1.11 bits per heavy atom. The maximum Gasteiger partial charge on any atom is 0.264 e. The summed E-state index contributed by atoms with van der Waals surface area (Å²) in [4.78, 5) is 13.6. The molecular weight excluding hydrogens is 524 g/mol. The first-order chi connectivity index (χ1) is 18.1. The first kappa shape index (κ1) is 27.8. The lowest BCUT2D eigenvalue weighted by molar-refractivity contribution is -0.121. The van der Waals surface area contributed by atoms with E-state index in [2.05, 4.69) is 19.2 Å². The third-order valence-corrected chi connectivity index (χ3v) is 9.14. The Morgan fingerprint density at radius 2 is 1.79 bits per heavy atom. The number of hydrogen-bond acceptors (Lipinski definition) is 5. The van der Waals surface area contributed by atoms with E-state index in [4.69, 9.17) is 21.1 Å². The predicted molar refractivity (Wildman–Crippen MR) is 150 cm³/mol. The van der Waals surface area contributed by atoms with E-state index in [1.54, 1.807) is 24.3 Å². The Kier molecular flexibility index (Phi) is 8.23. The molecule has 0 spiro atoms. The molecule has 1 aliphatic heterocycles. The number of carbonyl (C=O) groups is 1. The highest BCUT2D eigenvalue weighted by Gasteiger charge is 2.39. The van der Waals surface area contributed by atoms with Crippen LogP contribution in [0.15, 0.2) is 71.6 Å². The fourth-order valence-corrected chi connectivity index (χ4v) is 6.39. The Morgan fingerprint density at radius 3 is 2.45 bits per heavy atom. The molecule has 9 heteroatoms. The van der Waals surface area contributed by atoms with E-state index < -0.39 is 28.1 Å². The maximum absolute atomic E-state index is 13.9. The minimum atomic E-state index is -4.14. The van der Waals surface area contributed by atoms with Crippen LogP contribution in [-0.2, 0) is 14.8 Å². The van der Waals surface area contributed by atoms with Crippen molar-refractivity contribution in [3.8, 4) is 11.5 Å². The number of hydrogen-bond donors (Lipinski definition) is 1. The van der Waals surface area contributed by atoms with Crippen LogP contribution in [0, 0.1) is 6.92 Å². The predicted octanol–water partition coefficient (Wildman–Crippen LogP) is 6.05. The Balaban J connectivity index is 1.71. The lowest BCUT2D eigenvalue weighted by Crippen LogP contribution is -2.47. The number of para-hydroxylation sites is 1. The molecule has 0 saturated carbocycles. The second-order valence-corrected chi connectivity index (χ2v) is 11.8. The summed E-state index contributed by atoms with van der Waals surface area (Å²) in [5, 5.41) is 3.40. The van der Waals surface area contributed by atoms with Gasteiger partial charge in [-0.1, -0.05) is 61.3 Å². The van der Waals surface area contributed by atoms with Gasteiger partial charge in [0.05, 0.1) is 23.7 Å². The Bertz CT molecular complexity index is 1400. The molecule has 4 rings (SSSR count). The van der Waals surface area contributed by atoms with Gasteiger partial charge in [-0.25, -0.2) is 8.42 Å². The molecule has 0 radical (unpaired) electrons. The number of benzene rings is 3. The van der Waals surface area contributed by atoms with Crippen LogP contribution in [0.2, 0.25) is 5.02 Å². The minimum Gasteiger partial charge on any atom is -0.495 e. The SMILES string of the molecule is CCC1(CC)C[C@@H](NC(=O)CN(c2cc(Cl)ccc2OC)S(=O)(=O)c2ccc(C)cc2)c2ccccc2O1. The zero-order chi connectivity index (χ0) is 27.5. The second kappa shape index (κ2) is 11.3. The van der Waals surface area contributed by atoms with Gasteiger partial charge in [0.15, 0.2) is 0 Å². The number of anilines is 1. The summed E-state index contributed by atoms with van der Waals surface area (Å²) in [5.41, 5.74) is 1.55. The number of methoxy groups -OCH3 is 1. The van der Waals surface area contributed by atoms with Crippen molar-refractivity contribution in [2.45, 2.75) is 56.6 Å². The monoisotopic (exact) mass is 556 g/mol. The van der Waals surface area contributed by atoms with Crippen LogP contribution in [0.1, 0.15) is 50.3 Å². The highest BCUT2D eigenvalue weighted by Crippen LogP contribution is 2.43. The van der Waals surface area contributed by atoms with E-state index in [1.807, 2.05) is 31.2 Å². The summed E-state index contributed by atoms with van der Waals surface area (Å²) in [6.45, 7) is 5.55. The number of sulfonamides is 1. The Hall–Kier alpha value is -3.23. The zero-order valence-electron chi connectivity index (χ0n) is 22.0. The number of fused-ring (bicyclic) bond motifs is 1. The fourth-order valence-electron chi connectivity index (χ4n) is 4.80. The third kappa shape index (κ3) is 5.61. The van der Waals surface area contributed by atoms with Crippen LogP contribution in [-0.4, -0.2) is 33.6 Å². The lowest BCUT2D eigenvalue weighted by atomic mass is 9.83. The van der Waals surface area contributed by atoms with Crippen molar-refractivity contribution in [3.05, 3.63) is 82.9 Å². The van der Waals surface area contributed by atoms with Crippen molar-refractivity contribution in [2.24, 2.45) is 0 Å². The van der Waals surface area contributed by atoms with E-state index in [9.17, 15) is 13.2 Å². The molecule has 7 nitrogen and oxygen atoms in total. The van der Waals surface area contributed by atoms with Crippen molar-refractivity contribution in [1.82, 2.24) is 5.32 Å². The van der Waals surface area contributed by atoms with Gasteiger partial charge in [-0.2, -0.15) is 0 Å². The van der Waals surface area contributed by atoms with Crippen molar-refractivity contribution < 1.29 is 22.7 Å². The molecule has 0 aromatic heterocycles. The number of nitrogens with zero attached hydrogens (tertiary/aromatic N) is 1. The highest BCUT2D eigenvalue weighted by molar-refractivity contribution is 7.92. The van der Waals surface area contributed by atoms with Crippen LogP contribution in [0.5, 0.6) is 11.5 Å². The molecule has 38 heavy (non-hydrogen) atoms. The van der Waals surface area contributed by atoms with E-state index >= 15 is 0 Å². The average molecular weight is 557 g/mol. The molecule has 1 N–H and O–H groups in total. The number of nitrogens with one attached hydrogen (secondary N) is 1. The van der Waals surface area contributed by atoms with Gasteiger partial charge in [-0.15, -0.1) is 0 Å². The van der Waals surface area contributed by atoms with Crippen LogP contribution in [0.25, 0.3) is 0 Å². The van der Waals surface area contributed by atoms with Gasteiger partial charge in [0.2, 0.25) is 5.91 Å². The average Bonchev–Trinajstić information content (AvgIpc) is 2.91. The molecule has 3 aromatic carbocycles. The molecule has 0 unspecified atom stereocenters. The van der Waals surface area contributed by atoms with E-state index in [0.29, 0.717) is 11.4 Å². The van der Waals surface area contributed by atoms with Crippen LogP contribution >= 0.6 is 11.6 Å². The molecule has 3 aromatic rings. The topological polar surface area (TPSA) is 84.9 Å². The van der Waals surface area contributed by atoms with Crippen molar-refractivity contribution in [3.63, 3.8) is 0 Å². The van der Waals surface area contributed by atoms with Gasteiger partial charge in [0, 0.05) is 17.0 Å². The van der Waals surface area contributed by atoms with Gasteiger partial charge < -0.3 is 14.8 Å². The number of halogens is 1. The molecule has 202 valence electrons. The van der Waals surface area contributed by atoms with Gasteiger partial charge >= 0.3 is 0 Å². The van der Waals surface area contributed by atoms with E-state index in [-0.39, 0.29) is 22.4 Å². The molecule has 0 saturated heterocycles. The molecule has 0 fully saturated rings. The summed E-state index contributed by atoms with van der Waals surface area (Å²) in [6, 6.07) is 18.5. The second-order valence-electron chi connectivity index (χ2n) is 9.50. The summed E-state index contributed by atoms with van der Waals surface area (Å²) in [5.74, 6) is 0.559. The summed E-state index contributed by atoms with van der Waals surface area (Å²) in [7, 11) is -2.70. The maximum atomic E-state index is 13.9. The first-order valence-corrected chi connectivity index (χ1v) is 14.4. The fraction of sp³-hybridized carbons (Fsp3) is 0.345. The standard InChI is InChI=1S/C29H33ClN2O5S/c1-5-29(6-2)18-24(23-9-7-8-10-26(23)37-29)31-28(33)19-32(25-17-21(30)13-16-27(25)36-4)38(34,35)22-14-11-20(3)12-15-22/h7-17,24H,5-6,18-19H2,1-4H3,(H,31,33)/t24-/m1/s1. The van der Waals surface area contributed by atoms with Crippen LogP contribution < -0.4 is 19.1 Å². The summed E-state index contributed by atoms with van der Waals surface area (Å²) >= 11 is 6.25. The molecule has 1 atom stereocenters. The van der Waals surface area contributed by atoms with Gasteiger partial charge in [-0.05, 0) is 56.2 Å². The normalized spacial score (nSPS) is 16.2. The number of carbonyl (C=O) groups excluding carboxylic acids is 1. The largest absolute Gasteiger partial charge is 0.495 e. The quantitative estimate of drug-likeness (QED) is 0.347. The molecule has 1 amide bonds. The van der Waals surface area contributed by atoms with Crippen molar-refractivity contribution >= 4 is 33.2 Å². The van der Waals surface area contributed by atoms with Crippen LogP contribution in [0.4, 0.5) is 5.69 Å². The number of rotatable bonds is 9.